The Morgan fingerprint density at radius 1 is 0.341 bits per heavy atom. The minimum absolute atomic E-state index is 0.250. The summed E-state index contributed by atoms with van der Waals surface area (Å²) in [6.07, 6.45) is 5.00. The molecule has 0 unspecified atom stereocenters. The SMILES string of the molecule is [Cl][Rh]([Cl])[Cl].c1ccc(P(CCP(c2ccccc2)c2ccccc2)CCP(c2ccccc2)c2ccccc2)cc1. The van der Waals surface area contributed by atoms with Gasteiger partial charge in [-0.25, -0.2) is 0 Å². The summed E-state index contributed by atoms with van der Waals surface area (Å²) in [6, 6.07) is 56.0. The van der Waals surface area contributed by atoms with Gasteiger partial charge in [-0.15, -0.1) is 0 Å². The minimum atomic E-state index is -1.66. The Labute approximate surface area is 266 Å². The molecular formula is C34H33Cl3P3Rh. The average molecular weight is 744 g/mol. The van der Waals surface area contributed by atoms with Crippen LogP contribution in [0.15, 0.2) is 152 Å². The molecule has 0 aromatic heterocycles. The summed E-state index contributed by atoms with van der Waals surface area (Å²) in [5.41, 5.74) is 0. The summed E-state index contributed by atoms with van der Waals surface area (Å²) in [5, 5.41) is 7.50. The molecule has 0 fully saturated rings. The van der Waals surface area contributed by atoms with Crippen LogP contribution in [0.2, 0.25) is 0 Å². The Hall–Kier alpha value is -1.12. The fourth-order valence-corrected chi connectivity index (χ4v) is 13.3. The molecule has 7 heteroatoms. The van der Waals surface area contributed by atoms with Crippen LogP contribution in [0, 0.1) is 0 Å². The molecule has 0 spiro atoms. The van der Waals surface area contributed by atoms with E-state index in [1.807, 2.05) is 0 Å². The Balaban J connectivity index is 0.000000909. The standard InChI is InChI=1S/C34H33P3.3ClH.Rh/c1-6-16-30(17-7-1)35(26-28-36(31-18-8-2-9-19-31)32-20-10-3-11-21-32)27-29-37(33-22-12-4-13-23-33)34-24-14-5-15-25-34;;;;/h1-25H,26-29H2;3*1H;/q;;;;+3/p-3. The van der Waals surface area contributed by atoms with Crippen LogP contribution in [0.25, 0.3) is 0 Å². The molecule has 0 amide bonds. The summed E-state index contributed by atoms with van der Waals surface area (Å²) >= 11 is -1.66. The zero-order valence-electron chi connectivity index (χ0n) is 22.6. The zero-order chi connectivity index (χ0) is 28.7. The normalized spacial score (nSPS) is 11.3. The molecule has 0 saturated heterocycles. The van der Waals surface area contributed by atoms with Gasteiger partial charge in [-0.05, 0) is 67.0 Å². The quantitative estimate of drug-likeness (QED) is 0.0936. The molecule has 0 heterocycles. The summed E-state index contributed by atoms with van der Waals surface area (Å²) in [5.74, 6) is 0. The molecule has 0 atom stereocenters. The van der Waals surface area contributed by atoms with Gasteiger partial charge in [0.2, 0.25) is 0 Å². The van der Waals surface area contributed by atoms with E-state index in [0.29, 0.717) is 0 Å². The van der Waals surface area contributed by atoms with Crippen LogP contribution in [0.1, 0.15) is 0 Å². The van der Waals surface area contributed by atoms with Crippen LogP contribution in [-0.2, 0) is 13.0 Å². The van der Waals surface area contributed by atoms with Gasteiger partial charge in [0.15, 0.2) is 0 Å². The van der Waals surface area contributed by atoms with Gasteiger partial charge in [0, 0.05) is 0 Å². The van der Waals surface area contributed by atoms with Crippen LogP contribution in [0.4, 0.5) is 0 Å². The monoisotopic (exact) mass is 742 g/mol. The van der Waals surface area contributed by atoms with E-state index in [1.54, 1.807) is 5.30 Å². The van der Waals surface area contributed by atoms with Gasteiger partial charge in [0.05, 0.1) is 0 Å². The molecule has 0 aliphatic carbocycles. The molecule has 41 heavy (non-hydrogen) atoms. The van der Waals surface area contributed by atoms with Gasteiger partial charge in [-0.1, -0.05) is 160 Å². The molecule has 5 rings (SSSR count). The smallest absolute Gasteiger partial charge is 0.0195 e. The van der Waals surface area contributed by atoms with E-state index in [2.05, 4.69) is 152 Å². The third kappa shape index (κ3) is 11.1. The predicted octanol–water partition coefficient (Wildman–Crippen LogP) is 9.13. The summed E-state index contributed by atoms with van der Waals surface area (Å²) in [7, 11) is 13.8. The first-order valence-corrected chi connectivity index (χ1v) is 24.4. The minimum Gasteiger partial charge on any atom is -0.0746 e. The molecule has 214 valence electrons. The maximum Gasteiger partial charge on any atom is -0.0195 e. The Kier molecular flexibility index (Phi) is 14.8. The summed E-state index contributed by atoms with van der Waals surface area (Å²) in [6.45, 7) is 0. The van der Waals surface area contributed by atoms with Gasteiger partial charge in [0.25, 0.3) is 0 Å². The van der Waals surface area contributed by atoms with Crippen molar-refractivity contribution in [3.63, 3.8) is 0 Å². The van der Waals surface area contributed by atoms with E-state index in [9.17, 15) is 0 Å². The number of halogens is 3. The van der Waals surface area contributed by atoms with Crippen LogP contribution in [-0.4, -0.2) is 24.6 Å². The second-order valence-corrected chi connectivity index (χ2v) is 23.7. The van der Waals surface area contributed by atoms with Crippen molar-refractivity contribution in [1.29, 1.82) is 0 Å². The predicted molar refractivity (Wildman–Crippen MR) is 188 cm³/mol. The maximum atomic E-state index is 4.94. The summed E-state index contributed by atoms with van der Waals surface area (Å²) < 4.78 is 0. The van der Waals surface area contributed by atoms with Crippen LogP contribution >= 0.6 is 52.8 Å². The molecule has 0 radical (unpaired) electrons. The number of benzene rings is 5. The average Bonchev–Trinajstić information content (AvgIpc) is 3.02. The van der Waals surface area contributed by atoms with Crippen molar-refractivity contribution < 1.29 is 13.0 Å². The van der Waals surface area contributed by atoms with Crippen molar-refractivity contribution in [2.45, 2.75) is 0 Å². The van der Waals surface area contributed by atoms with E-state index in [0.717, 1.165) is 0 Å². The Bertz CT molecular complexity index is 1210. The fourth-order valence-electron chi connectivity index (χ4n) is 4.70. The van der Waals surface area contributed by atoms with Crippen molar-refractivity contribution >= 4 is 79.4 Å². The van der Waals surface area contributed by atoms with E-state index in [1.165, 1.54) is 45.9 Å². The van der Waals surface area contributed by atoms with Crippen molar-refractivity contribution in [3.8, 4) is 0 Å². The molecular weight excluding hydrogens is 711 g/mol. The molecule has 0 N–H and O–H groups in total. The number of hydrogen-bond donors (Lipinski definition) is 0. The van der Waals surface area contributed by atoms with Crippen molar-refractivity contribution in [1.82, 2.24) is 0 Å². The molecule has 0 saturated carbocycles. The molecule has 0 bridgehead atoms. The molecule has 5 aromatic rings. The van der Waals surface area contributed by atoms with Gasteiger partial charge in [-0.2, -0.15) is 0 Å². The maximum absolute atomic E-state index is 4.94. The van der Waals surface area contributed by atoms with E-state index in [4.69, 9.17) is 29.1 Å². The number of rotatable bonds is 11. The molecule has 0 nitrogen and oxygen atoms in total. The largest absolute Gasteiger partial charge is 0.0746 e. The molecule has 0 aliphatic rings. The Morgan fingerprint density at radius 2 is 0.561 bits per heavy atom. The van der Waals surface area contributed by atoms with Gasteiger partial charge in [-0.3, -0.25) is 0 Å². The molecule has 0 aliphatic heterocycles. The number of hydrogen-bond acceptors (Lipinski definition) is 0. The first-order valence-electron chi connectivity index (χ1n) is 13.3. The van der Waals surface area contributed by atoms with Gasteiger partial charge >= 0.3 is 42.1 Å². The molecule has 5 aromatic carbocycles. The van der Waals surface area contributed by atoms with E-state index in [-0.39, 0.29) is 23.8 Å². The third-order valence-corrected chi connectivity index (χ3v) is 14.9. The first kappa shape index (κ1) is 32.8. The van der Waals surface area contributed by atoms with E-state index >= 15 is 0 Å². The zero-order valence-corrected chi connectivity index (χ0v) is 29.2. The van der Waals surface area contributed by atoms with Crippen molar-refractivity contribution in [3.05, 3.63) is 152 Å². The van der Waals surface area contributed by atoms with Gasteiger partial charge < -0.3 is 0 Å². The van der Waals surface area contributed by atoms with Gasteiger partial charge in [0.1, 0.15) is 0 Å². The van der Waals surface area contributed by atoms with Crippen molar-refractivity contribution in [2.24, 2.45) is 0 Å². The summed E-state index contributed by atoms with van der Waals surface area (Å²) in [4.78, 5) is 0. The second-order valence-electron chi connectivity index (χ2n) is 9.11. The fraction of sp³-hybridized carbons (Fsp3) is 0.118. The van der Waals surface area contributed by atoms with Crippen LogP contribution < -0.4 is 26.5 Å². The van der Waals surface area contributed by atoms with Crippen LogP contribution in [0.5, 0.6) is 0 Å². The Morgan fingerprint density at radius 3 is 0.805 bits per heavy atom. The first-order chi connectivity index (χ1) is 20.1. The van der Waals surface area contributed by atoms with Crippen molar-refractivity contribution in [2.75, 3.05) is 24.6 Å². The van der Waals surface area contributed by atoms with Crippen LogP contribution in [0.3, 0.4) is 0 Å². The topological polar surface area (TPSA) is 0 Å². The second kappa shape index (κ2) is 18.5. The third-order valence-electron chi connectivity index (χ3n) is 6.58. The van der Waals surface area contributed by atoms with E-state index < -0.39 is 13.0 Å².